The molecule has 0 atom stereocenters. The minimum Gasteiger partial charge on any atom is -0.371 e. The van der Waals surface area contributed by atoms with Crippen LogP contribution in [0.15, 0.2) is 36.7 Å². The summed E-state index contributed by atoms with van der Waals surface area (Å²) in [5.74, 6) is 1.45. The Morgan fingerprint density at radius 1 is 1.00 bits per heavy atom. The summed E-state index contributed by atoms with van der Waals surface area (Å²) in [5, 5.41) is 3.46. The highest BCUT2D eigenvalue weighted by molar-refractivity contribution is 5.75. The second kappa shape index (κ2) is 6.59. The van der Waals surface area contributed by atoms with Gasteiger partial charge >= 0.3 is 0 Å². The van der Waals surface area contributed by atoms with Crippen LogP contribution in [0.2, 0.25) is 0 Å². The maximum atomic E-state index is 10.7. The molecule has 4 rings (SSSR count). The summed E-state index contributed by atoms with van der Waals surface area (Å²) in [4.78, 5) is 22.0. The fourth-order valence-electron chi connectivity index (χ4n) is 3.27. The van der Waals surface area contributed by atoms with E-state index in [4.69, 9.17) is 0 Å². The topological polar surface area (TPSA) is 58.1 Å². The predicted molar refractivity (Wildman–Crippen MR) is 94.7 cm³/mol. The molecule has 5 heteroatoms. The van der Waals surface area contributed by atoms with Crippen molar-refractivity contribution in [3.05, 3.63) is 47.8 Å². The normalized spacial score (nSPS) is 18.4. The van der Waals surface area contributed by atoms with E-state index in [1.54, 1.807) is 0 Å². The highest BCUT2D eigenvalue weighted by Crippen LogP contribution is 2.39. The lowest BCUT2D eigenvalue weighted by molar-refractivity contribution is 0.112. The number of hydrogen-bond donors (Lipinski definition) is 1. The molecule has 1 N–H and O–H groups in total. The van der Waals surface area contributed by atoms with Gasteiger partial charge in [0.25, 0.3) is 0 Å². The van der Waals surface area contributed by atoms with Gasteiger partial charge in [-0.1, -0.05) is 0 Å². The Labute approximate surface area is 142 Å². The number of hydrogen-bond acceptors (Lipinski definition) is 5. The van der Waals surface area contributed by atoms with Gasteiger partial charge in [-0.25, -0.2) is 9.97 Å². The number of carbonyl (C=O) groups excluding carboxylic acids is 1. The molecular weight excluding hydrogens is 300 g/mol. The van der Waals surface area contributed by atoms with Gasteiger partial charge in [0.15, 0.2) is 0 Å². The molecule has 2 aromatic rings. The van der Waals surface area contributed by atoms with Crippen LogP contribution in [0.1, 0.15) is 47.5 Å². The first-order valence-electron chi connectivity index (χ1n) is 8.70. The monoisotopic (exact) mass is 322 g/mol. The van der Waals surface area contributed by atoms with Crippen molar-refractivity contribution in [2.75, 3.05) is 23.3 Å². The number of piperidine rings is 1. The molecule has 124 valence electrons. The molecule has 1 aliphatic carbocycles. The van der Waals surface area contributed by atoms with Gasteiger partial charge in [-0.2, -0.15) is 0 Å². The van der Waals surface area contributed by atoms with Gasteiger partial charge in [-0.3, -0.25) is 4.79 Å². The molecule has 2 fully saturated rings. The molecule has 0 spiro atoms. The number of anilines is 2. The third-order valence-electron chi connectivity index (χ3n) is 4.94. The molecular formula is C19H22N4O. The molecule has 0 radical (unpaired) electrons. The van der Waals surface area contributed by atoms with E-state index >= 15 is 0 Å². The molecule has 0 unspecified atom stereocenters. The maximum absolute atomic E-state index is 10.7. The van der Waals surface area contributed by atoms with Gasteiger partial charge in [0.2, 0.25) is 5.95 Å². The summed E-state index contributed by atoms with van der Waals surface area (Å²) in [6, 6.07) is 8.22. The molecule has 1 saturated heterocycles. The molecule has 1 aliphatic heterocycles. The van der Waals surface area contributed by atoms with Crippen LogP contribution in [0.4, 0.5) is 11.6 Å². The quantitative estimate of drug-likeness (QED) is 0.856. The van der Waals surface area contributed by atoms with Crippen LogP contribution >= 0.6 is 0 Å². The Bertz CT molecular complexity index is 686. The lowest BCUT2D eigenvalue weighted by atomic mass is 10.0. The van der Waals surface area contributed by atoms with Crippen molar-refractivity contribution in [2.24, 2.45) is 0 Å². The molecule has 0 bridgehead atoms. The summed E-state index contributed by atoms with van der Waals surface area (Å²) in [7, 11) is 0. The van der Waals surface area contributed by atoms with Crippen molar-refractivity contribution in [1.29, 1.82) is 0 Å². The number of nitrogens with one attached hydrogen (secondary N) is 1. The van der Waals surface area contributed by atoms with Gasteiger partial charge in [-0.15, -0.1) is 0 Å². The lowest BCUT2D eigenvalue weighted by Crippen LogP contribution is -2.39. The van der Waals surface area contributed by atoms with Crippen molar-refractivity contribution >= 4 is 17.9 Å². The van der Waals surface area contributed by atoms with Crippen molar-refractivity contribution < 1.29 is 4.79 Å². The van der Waals surface area contributed by atoms with Crippen LogP contribution in [0.5, 0.6) is 0 Å². The molecule has 1 aromatic carbocycles. The summed E-state index contributed by atoms with van der Waals surface area (Å²) in [5.41, 5.74) is 3.18. The van der Waals surface area contributed by atoms with Crippen molar-refractivity contribution in [1.82, 2.24) is 9.97 Å². The van der Waals surface area contributed by atoms with E-state index in [0.29, 0.717) is 12.0 Å². The highest BCUT2D eigenvalue weighted by atomic mass is 16.1. The standard InChI is InChI=1S/C19H22N4O/c24-13-14-1-5-18(6-2-14)23-9-7-17(8-10-23)22-19-20-11-16(12-21-19)15-3-4-15/h1-2,5-6,11-13,15,17H,3-4,7-10H2,(H,20,21,22). The Morgan fingerprint density at radius 3 is 2.25 bits per heavy atom. The predicted octanol–water partition coefficient (Wildman–Crippen LogP) is 3.25. The Balaban J connectivity index is 1.31. The molecule has 5 nitrogen and oxygen atoms in total. The van der Waals surface area contributed by atoms with Crippen LogP contribution in [0.25, 0.3) is 0 Å². The van der Waals surface area contributed by atoms with Crippen LogP contribution < -0.4 is 10.2 Å². The van der Waals surface area contributed by atoms with E-state index in [1.807, 2.05) is 36.7 Å². The maximum Gasteiger partial charge on any atom is 0.222 e. The molecule has 24 heavy (non-hydrogen) atoms. The molecule has 0 amide bonds. The number of benzene rings is 1. The number of aldehydes is 1. The van der Waals surface area contributed by atoms with Crippen LogP contribution in [-0.2, 0) is 0 Å². The van der Waals surface area contributed by atoms with Gasteiger partial charge < -0.3 is 10.2 Å². The largest absolute Gasteiger partial charge is 0.371 e. The Morgan fingerprint density at radius 2 is 1.67 bits per heavy atom. The average molecular weight is 322 g/mol. The summed E-state index contributed by atoms with van der Waals surface area (Å²) in [6.07, 6.45) is 9.50. The summed E-state index contributed by atoms with van der Waals surface area (Å²) in [6.45, 7) is 2.00. The van der Waals surface area contributed by atoms with E-state index in [2.05, 4.69) is 20.2 Å². The smallest absolute Gasteiger partial charge is 0.222 e. The van der Waals surface area contributed by atoms with Gasteiger partial charge in [0.05, 0.1) is 0 Å². The Hall–Kier alpha value is -2.43. The molecule has 1 saturated carbocycles. The average Bonchev–Trinajstić information content (AvgIpc) is 3.48. The Kier molecular flexibility index (Phi) is 4.15. The van der Waals surface area contributed by atoms with Gasteiger partial charge in [0, 0.05) is 42.8 Å². The summed E-state index contributed by atoms with van der Waals surface area (Å²) < 4.78 is 0. The first-order chi connectivity index (χ1) is 11.8. The second-order valence-electron chi connectivity index (χ2n) is 6.73. The summed E-state index contributed by atoms with van der Waals surface area (Å²) >= 11 is 0. The van der Waals surface area contributed by atoms with Crippen molar-refractivity contribution in [2.45, 2.75) is 37.6 Å². The minimum atomic E-state index is 0.419. The van der Waals surface area contributed by atoms with Gasteiger partial charge in [-0.05, 0) is 61.4 Å². The molecule has 2 heterocycles. The SMILES string of the molecule is O=Cc1ccc(N2CCC(Nc3ncc(C4CC4)cn3)CC2)cc1. The number of carbonyl (C=O) groups is 1. The van der Waals surface area contributed by atoms with E-state index in [0.717, 1.165) is 43.7 Å². The third kappa shape index (κ3) is 3.40. The van der Waals surface area contributed by atoms with E-state index < -0.39 is 0 Å². The number of rotatable bonds is 5. The fraction of sp³-hybridized carbons (Fsp3) is 0.421. The van der Waals surface area contributed by atoms with Crippen LogP contribution in [0.3, 0.4) is 0 Å². The van der Waals surface area contributed by atoms with E-state index in [-0.39, 0.29) is 0 Å². The highest BCUT2D eigenvalue weighted by Gasteiger charge is 2.24. The first kappa shape index (κ1) is 15.1. The zero-order valence-electron chi connectivity index (χ0n) is 13.7. The third-order valence-corrected chi connectivity index (χ3v) is 4.94. The van der Waals surface area contributed by atoms with Crippen molar-refractivity contribution in [3.8, 4) is 0 Å². The van der Waals surface area contributed by atoms with E-state index in [1.165, 1.54) is 24.1 Å². The van der Waals surface area contributed by atoms with Crippen LogP contribution in [0, 0.1) is 0 Å². The lowest BCUT2D eigenvalue weighted by Gasteiger charge is -2.34. The van der Waals surface area contributed by atoms with Crippen LogP contribution in [-0.4, -0.2) is 35.4 Å². The molecule has 2 aliphatic rings. The van der Waals surface area contributed by atoms with Gasteiger partial charge in [0.1, 0.15) is 6.29 Å². The second-order valence-corrected chi connectivity index (χ2v) is 6.73. The fourth-order valence-corrected chi connectivity index (χ4v) is 3.27. The zero-order valence-corrected chi connectivity index (χ0v) is 13.7. The molecule has 1 aromatic heterocycles. The zero-order chi connectivity index (χ0) is 16.4. The first-order valence-corrected chi connectivity index (χ1v) is 8.70. The number of aromatic nitrogens is 2. The number of nitrogens with zero attached hydrogens (tertiary/aromatic N) is 3. The minimum absolute atomic E-state index is 0.419. The van der Waals surface area contributed by atoms with E-state index in [9.17, 15) is 4.79 Å². The van der Waals surface area contributed by atoms with Crippen molar-refractivity contribution in [3.63, 3.8) is 0 Å².